The molecule has 0 aliphatic carbocycles. The van der Waals surface area contributed by atoms with Crippen molar-refractivity contribution in [3.8, 4) is 0 Å². The molecule has 0 bridgehead atoms. The lowest BCUT2D eigenvalue weighted by atomic mass is 9.75. The molecule has 0 amide bonds. The number of hydrogen-bond donors (Lipinski definition) is 1. The molecule has 16 heavy (non-hydrogen) atoms. The van der Waals surface area contributed by atoms with Crippen LogP contribution in [0, 0.1) is 5.41 Å². The van der Waals surface area contributed by atoms with Crippen LogP contribution in [-0.4, -0.2) is 48.8 Å². The highest BCUT2D eigenvalue weighted by Crippen LogP contribution is 2.37. The Labute approximate surface area is 97.6 Å². The van der Waals surface area contributed by atoms with E-state index in [4.69, 9.17) is 9.84 Å². The van der Waals surface area contributed by atoms with Crippen LogP contribution in [0.4, 0.5) is 0 Å². The maximum absolute atomic E-state index is 10.6. The van der Waals surface area contributed by atoms with Crippen molar-refractivity contribution < 1.29 is 14.6 Å². The number of carboxylic acids is 1. The third kappa shape index (κ3) is 3.19. The number of nitrogens with zero attached hydrogens (tertiary/aromatic N) is 1. The van der Waals surface area contributed by atoms with Crippen molar-refractivity contribution in [2.75, 3.05) is 26.7 Å². The zero-order chi connectivity index (χ0) is 12.2. The fourth-order valence-corrected chi connectivity index (χ4v) is 2.43. The molecule has 1 aliphatic heterocycles. The summed E-state index contributed by atoms with van der Waals surface area (Å²) in [6.45, 7) is 7.36. The largest absolute Gasteiger partial charge is 0.481 e. The number of likely N-dealkylation sites (tertiary alicyclic amines) is 1. The van der Waals surface area contributed by atoms with Gasteiger partial charge in [0.05, 0.1) is 12.5 Å². The van der Waals surface area contributed by atoms with Gasteiger partial charge in [-0.3, -0.25) is 9.69 Å². The van der Waals surface area contributed by atoms with E-state index in [-0.39, 0.29) is 12.5 Å². The summed E-state index contributed by atoms with van der Waals surface area (Å²) in [7, 11) is 1.58. The van der Waals surface area contributed by atoms with Crippen LogP contribution < -0.4 is 0 Å². The molecule has 0 aromatic heterocycles. The van der Waals surface area contributed by atoms with Crippen LogP contribution in [0.3, 0.4) is 0 Å². The molecule has 0 aromatic carbocycles. The van der Waals surface area contributed by atoms with E-state index in [9.17, 15) is 4.79 Å². The molecule has 1 saturated heterocycles. The quantitative estimate of drug-likeness (QED) is 0.720. The summed E-state index contributed by atoms with van der Waals surface area (Å²) >= 11 is 0. The Morgan fingerprint density at radius 3 is 2.38 bits per heavy atom. The SMILES string of the molecule is CCC1(CC)CN(CC(CC(=O)O)OC)C1. The number of carbonyl (C=O) groups is 1. The maximum atomic E-state index is 10.6. The van der Waals surface area contributed by atoms with Crippen LogP contribution in [0.15, 0.2) is 0 Å². The van der Waals surface area contributed by atoms with E-state index in [0.29, 0.717) is 5.41 Å². The van der Waals surface area contributed by atoms with Gasteiger partial charge in [0.1, 0.15) is 0 Å². The molecule has 0 aromatic rings. The molecule has 0 radical (unpaired) electrons. The predicted molar refractivity (Wildman–Crippen MR) is 62.5 cm³/mol. The van der Waals surface area contributed by atoms with Crippen molar-refractivity contribution in [2.45, 2.75) is 39.2 Å². The van der Waals surface area contributed by atoms with E-state index < -0.39 is 5.97 Å². The van der Waals surface area contributed by atoms with Crippen molar-refractivity contribution in [3.05, 3.63) is 0 Å². The fraction of sp³-hybridized carbons (Fsp3) is 0.917. The minimum atomic E-state index is -0.787. The second-order valence-corrected chi connectivity index (χ2v) is 4.83. The second-order valence-electron chi connectivity index (χ2n) is 4.83. The first-order valence-corrected chi connectivity index (χ1v) is 6.02. The summed E-state index contributed by atoms with van der Waals surface area (Å²) in [4.78, 5) is 12.9. The number of ether oxygens (including phenoxy) is 1. The Hall–Kier alpha value is -0.610. The molecular weight excluding hydrogens is 206 g/mol. The summed E-state index contributed by atoms with van der Waals surface area (Å²) < 4.78 is 5.18. The van der Waals surface area contributed by atoms with Gasteiger partial charge in [-0.2, -0.15) is 0 Å². The molecular formula is C12H23NO3. The maximum Gasteiger partial charge on any atom is 0.306 e. The van der Waals surface area contributed by atoms with Gasteiger partial charge in [-0.15, -0.1) is 0 Å². The average molecular weight is 229 g/mol. The van der Waals surface area contributed by atoms with Crippen LogP contribution in [0.25, 0.3) is 0 Å². The van der Waals surface area contributed by atoms with Crippen molar-refractivity contribution in [1.82, 2.24) is 4.90 Å². The zero-order valence-electron chi connectivity index (χ0n) is 10.5. The highest BCUT2D eigenvalue weighted by molar-refractivity contribution is 5.67. The third-order valence-corrected chi connectivity index (χ3v) is 3.82. The molecule has 4 nitrogen and oxygen atoms in total. The Morgan fingerprint density at radius 1 is 1.44 bits per heavy atom. The highest BCUT2D eigenvalue weighted by atomic mass is 16.5. The Balaban J connectivity index is 2.32. The molecule has 1 fully saturated rings. The molecule has 0 saturated carbocycles. The van der Waals surface area contributed by atoms with Crippen LogP contribution >= 0.6 is 0 Å². The fourth-order valence-electron chi connectivity index (χ4n) is 2.43. The van der Waals surface area contributed by atoms with Gasteiger partial charge in [0.2, 0.25) is 0 Å². The Bertz CT molecular complexity index is 230. The molecule has 4 heteroatoms. The van der Waals surface area contributed by atoms with Gasteiger partial charge in [-0.25, -0.2) is 0 Å². The van der Waals surface area contributed by atoms with Gasteiger partial charge in [0.25, 0.3) is 0 Å². The van der Waals surface area contributed by atoms with Gasteiger partial charge in [0, 0.05) is 26.7 Å². The van der Waals surface area contributed by atoms with Crippen molar-refractivity contribution >= 4 is 5.97 Å². The molecule has 1 N–H and O–H groups in total. The summed E-state index contributed by atoms with van der Waals surface area (Å²) in [6.07, 6.45) is 2.33. The summed E-state index contributed by atoms with van der Waals surface area (Å²) in [5.41, 5.74) is 0.474. The Kier molecular flexibility index (Phi) is 4.74. The predicted octanol–water partition coefficient (Wildman–Crippen LogP) is 1.60. The lowest BCUT2D eigenvalue weighted by molar-refractivity contribution is -0.140. The molecule has 0 spiro atoms. The molecule has 1 heterocycles. The minimum absolute atomic E-state index is 0.0955. The number of rotatable bonds is 7. The summed E-state index contributed by atoms with van der Waals surface area (Å²) in [5, 5.41) is 8.72. The molecule has 1 unspecified atom stereocenters. The van der Waals surface area contributed by atoms with Crippen molar-refractivity contribution in [1.29, 1.82) is 0 Å². The van der Waals surface area contributed by atoms with E-state index in [0.717, 1.165) is 19.6 Å². The number of carboxylic acid groups (broad SMARTS) is 1. The minimum Gasteiger partial charge on any atom is -0.481 e. The van der Waals surface area contributed by atoms with E-state index in [2.05, 4.69) is 18.7 Å². The monoisotopic (exact) mass is 229 g/mol. The Morgan fingerprint density at radius 2 is 2.00 bits per heavy atom. The first-order chi connectivity index (χ1) is 7.55. The van der Waals surface area contributed by atoms with Crippen LogP contribution in [0.2, 0.25) is 0 Å². The summed E-state index contributed by atoms with van der Waals surface area (Å²) in [6, 6.07) is 0. The first kappa shape index (κ1) is 13.5. The van der Waals surface area contributed by atoms with Crippen LogP contribution in [-0.2, 0) is 9.53 Å². The zero-order valence-corrected chi connectivity index (χ0v) is 10.5. The smallest absolute Gasteiger partial charge is 0.306 e. The highest BCUT2D eigenvalue weighted by Gasteiger charge is 2.40. The normalized spacial score (nSPS) is 21.4. The third-order valence-electron chi connectivity index (χ3n) is 3.82. The molecule has 94 valence electrons. The second kappa shape index (κ2) is 5.64. The average Bonchev–Trinajstić information content (AvgIpc) is 2.20. The summed E-state index contributed by atoms with van der Waals surface area (Å²) in [5.74, 6) is -0.787. The number of methoxy groups -OCH3 is 1. The van der Waals surface area contributed by atoms with Gasteiger partial charge in [-0.05, 0) is 18.3 Å². The molecule has 1 rings (SSSR count). The van der Waals surface area contributed by atoms with Gasteiger partial charge < -0.3 is 9.84 Å². The van der Waals surface area contributed by atoms with E-state index in [1.165, 1.54) is 12.8 Å². The van der Waals surface area contributed by atoms with Crippen LogP contribution in [0.1, 0.15) is 33.1 Å². The molecule has 1 aliphatic rings. The lowest BCUT2D eigenvalue weighted by Gasteiger charge is -2.50. The standard InChI is InChI=1S/C12H23NO3/c1-4-12(5-2)8-13(9-12)7-10(16-3)6-11(14)15/h10H,4-9H2,1-3H3,(H,14,15). The van der Waals surface area contributed by atoms with Crippen molar-refractivity contribution in [3.63, 3.8) is 0 Å². The van der Waals surface area contributed by atoms with E-state index in [1.54, 1.807) is 7.11 Å². The topological polar surface area (TPSA) is 49.8 Å². The van der Waals surface area contributed by atoms with Gasteiger partial charge in [0.15, 0.2) is 0 Å². The van der Waals surface area contributed by atoms with Gasteiger partial charge in [-0.1, -0.05) is 13.8 Å². The number of hydrogen-bond acceptors (Lipinski definition) is 3. The number of aliphatic carboxylic acids is 1. The lowest BCUT2D eigenvalue weighted by Crippen LogP contribution is -2.57. The van der Waals surface area contributed by atoms with E-state index in [1.807, 2.05) is 0 Å². The molecule has 1 atom stereocenters. The first-order valence-electron chi connectivity index (χ1n) is 6.02. The van der Waals surface area contributed by atoms with Gasteiger partial charge >= 0.3 is 5.97 Å². The van der Waals surface area contributed by atoms with Crippen molar-refractivity contribution in [2.24, 2.45) is 5.41 Å². The van der Waals surface area contributed by atoms with Crippen LogP contribution in [0.5, 0.6) is 0 Å². The van der Waals surface area contributed by atoms with E-state index >= 15 is 0 Å².